The first kappa shape index (κ1) is 14.7. The zero-order valence-corrected chi connectivity index (χ0v) is 9.71. The lowest BCUT2D eigenvalue weighted by Crippen LogP contribution is -2.31. The zero-order chi connectivity index (χ0) is 14.6. The Morgan fingerprint density at radius 1 is 1.47 bits per heavy atom. The number of carboxylic acids is 1. The van der Waals surface area contributed by atoms with E-state index in [2.05, 4.69) is 0 Å². The number of nitrogens with two attached hydrogens (primary N) is 1. The summed E-state index contributed by atoms with van der Waals surface area (Å²) in [5, 5.41) is 19.0. The summed E-state index contributed by atoms with van der Waals surface area (Å²) in [4.78, 5) is 31.7. The molecule has 7 nitrogen and oxygen atoms in total. The number of nitro benzene ring substituents is 1. The number of carboxylic acid groups (broad SMARTS) is 1. The van der Waals surface area contributed by atoms with Crippen molar-refractivity contribution in [1.29, 1.82) is 0 Å². The van der Waals surface area contributed by atoms with E-state index in [4.69, 9.17) is 10.8 Å². The molecule has 0 aliphatic carbocycles. The van der Waals surface area contributed by atoms with Gasteiger partial charge in [0.25, 0.3) is 0 Å². The Morgan fingerprint density at radius 3 is 2.63 bits per heavy atom. The van der Waals surface area contributed by atoms with Gasteiger partial charge in [-0.05, 0) is 18.6 Å². The molecule has 8 heteroatoms. The Balaban J connectivity index is 2.91. The van der Waals surface area contributed by atoms with Crippen molar-refractivity contribution in [1.82, 2.24) is 0 Å². The number of carbonyl (C=O) groups is 2. The Morgan fingerprint density at radius 2 is 2.11 bits per heavy atom. The van der Waals surface area contributed by atoms with Gasteiger partial charge in [-0.3, -0.25) is 19.7 Å². The van der Waals surface area contributed by atoms with E-state index in [9.17, 15) is 24.1 Å². The molecule has 1 aromatic rings. The fourth-order valence-corrected chi connectivity index (χ4v) is 1.43. The molecule has 0 bridgehead atoms. The highest BCUT2D eigenvalue weighted by Gasteiger charge is 2.21. The number of Topliss-reactive ketones (excluding diaryl/α,β-unsaturated/α-hetero) is 1. The minimum absolute atomic E-state index is 0.0979. The van der Waals surface area contributed by atoms with Gasteiger partial charge in [0.15, 0.2) is 5.78 Å². The molecule has 0 radical (unpaired) electrons. The molecule has 3 N–H and O–H groups in total. The average Bonchev–Trinajstić information content (AvgIpc) is 2.35. The second-order valence-electron chi connectivity index (χ2n) is 3.83. The fourth-order valence-electron chi connectivity index (χ4n) is 1.43. The smallest absolute Gasteiger partial charge is 0.305 e. The first-order chi connectivity index (χ1) is 8.82. The number of ketones is 1. The molecule has 1 rings (SSSR count). The third-order valence-electron chi connectivity index (χ3n) is 2.43. The molecule has 102 valence electrons. The van der Waals surface area contributed by atoms with E-state index in [1.54, 1.807) is 0 Å². The quantitative estimate of drug-likeness (QED) is 0.453. The minimum atomic E-state index is -1.10. The number of rotatable bonds is 6. The van der Waals surface area contributed by atoms with Crippen LogP contribution in [0.2, 0.25) is 0 Å². The van der Waals surface area contributed by atoms with Gasteiger partial charge in [0.1, 0.15) is 0 Å². The van der Waals surface area contributed by atoms with Gasteiger partial charge in [-0.15, -0.1) is 0 Å². The lowest BCUT2D eigenvalue weighted by molar-refractivity contribution is -0.387. The molecule has 19 heavy (non-hydrogen) atoms. The number of carbonyl (C=O) groups excluding carboxylic acids is 1. The molecule has 0 heterocycles. The second kappa shape index (κ2) is 6.01. The fraction of sp³-hybridized carbons (Fsp3) is 0.273. The Labute approximate surface area is 107 Å². The van der Waals surface area contributed by atoms with Gasteiger partial charge in [-0.25, -0.2) is 0 Å². The van der Waals surface area contributed by atoms with Crippen molar-refractivity contribution in [2.45, 2.75) is 18.9 Å². The lowest BCUT2D eigenvalue weighted by Gasteiger charge is -2.09. The van der Waals surface area contributed by atoms with Crippen LogP contribution in [-0.2, 0) is 4.79 Å². The van der Waals surface area contributed by atoms with Crippen LogP contribution in [0.5, 0.6) is 0 Å². The maximum Gasteiger partial charge on any atom is 0.305 e. The number of aliphatic carboxylic acids is 1. The average molecular weight is 270 g/mol. The van der Waals surface area contributed by atoms with Crippen LogP contribution in [0.15, 0.2) is 18.2 Å². The van der Waals surface area contributed by atoms with Crippen molar-refractivity contribution in [2.75, 3.05) is 0 Å². The largest absolute Gasteiger partial charge is 0.481 e. The summed E-state index contributed by atoms with van der Waals surface area (Å²) < 4.78 is 13.1. The van der Waals surface area contributed by atoms with Crippen LogP contribution < -0.4 is 5.73 Å². The third kappa shape index (κ3) is 3.81. The molecular weight excluding hydrogens is 259 g/mol. The Kier molecular flexibility index (Phi) is 4.65. The molecule has 0 spiro atoms. The normalized spacial score (nSPS) is 11.9. The maximum atomic E-state index is 13.1. The standard InChI is InChI=1S/C11H11FN2O5/c12-7-2-1-6(5-9(7)14(18)19)11(17)8(13)3-4-10(15)16/h1-2,5,8H,3-4,13H2,(H,15,16). The van der Waals surface area contributed by atoms with Crippen molar-refractivity contribution in [3.8, 4) is 0 Å². The summed E-state index contributed by atoms with van der Waals surface area (Å²) in [6.45, 7) is 0. The van der Waals surface area contributed by atoms with Gasteiger partial charge in [-0.1, -0.05) is 0 Å². The van der Waals surface area contributed by atoms with Gasteiger partial charge in [0, 0.05) is 18.1 Å². The van der Waals surface area contributed by atoms with Crippen LogP contribution >= 0.6 is 0 Å². The number of nitro groups is 1. The van der Waals surface area contributed by atoms with Crippen molar-refractivity contribution >= 4 is 17.4 Å². The van der Waals surface area contributed by atoms with Crippen LogP contribution in [0.1, 0.15) is 23.2 Å². The second-order valence-corrected chi connectivity index (χ2v) is 3.83. The minimum Gasteiger partial charge on any atom is -0.481 e. The molecule has 0 amide bonds. The van der Waals surface area contributed by atoms with Gasteiger partial charge < -0.3 is 10.8 Å². The molecule has 0 fully saturated rings. The van der Waals surface area contributed by atoms with Crippen molar-refractivity contribution < 1.29 is 24.0 Å². The van der Waals surface area contributed by atoms with Gasteiger partial charge in [0.2, 0.25) is 5.82 Å². The number of hydrogen-bond donors (Lipinski definition) is 2. The van der Waals surface area contributed by atoms with E-state index in [0.29, 0.717) is 0 Å². The molecule has 1 unspecified atom stereocenters. The zero-order valence-electron chi connectivity index (χ0n) is 9.71. The molecule has 0 aliphatic rings. The Hall–Kier alpha value is -2.35. The summed E-state index contributed by atoms with van der Waals surface area (Å²) >= 11 is 0. The number of halogens is 1. The summed E-state index contributed by atoms with van der Waals surface area (Å²) in [5.41, 5.74) is 4.54. The first-order valence-electron chi connectivity index (χ1n) is 5.28. The Bertz CT molecular complexity index is 532. The third-order valence-corrected chi connectivity index (χ3v) is 2.43. The molecule has 0 saturated heterocycles. The first-order valence-corrected chi connectivity index (χ1v) is 5.28. The van der Waals surface area contributed by atoms with E-state index in [0.717, 1.165) is 18.2 Å². The van der Waals surface area contributed by atoms with Crippen LogP contribution in [0.4, 0.5) is 10.1 Å². The summed E-state index contributed by atoms with van der Waals surface area (Å²) in [5.74, 6) is -2.82. The van der Waals surface area contributed by atoms with Crippen LogP contribution in [0.25, 0.3) is 0 Å². The van der Waals surface area contributed by atoms with E-state index in [1.807, 2.05) is 0 Å². The lowest BCUT2D eigenvalue weighted by atomic mass is 10.0. The highest BCUT2D eigenvalue weighted by molar-refractivity contribution is 6.00. The van der Waals surface area contributed by atoms with Gasteiger partial charge in [0.05, 0.1) is 11.0 Å². The van der Waals surface area contributed by atoms with E-state index >= 15 is 0 Å². The van der Waals surface area contributed by atoms with Crippen molar-refractivity contribution in [3.63, 3.8) is 0 Å². The highest BCUT2D eigenvalue weighted by Crippen LogP contribution is 2.19. The molecule has 0 aliphatic heterocycles. The number of hydrogen-bond acceptors (Lipinski definition) is 5. The predicted octanol–water partition coefficient (Wildman–Crippen LogP) is 1.11. The molecule has 1 atom stereocenters. The molecule has 0 aromatic heterocycles. The van der Waals surface area contributed by atoms with Crippen molar-refractivity contribution in [3.05, 3.63) is 39.7 Å². The topological polar surface area (TPSA) is 124 Å². The van der Waals surface area contributed by atoms with Gasteiger partial charge in [-0.2, -0.15) is 4.39 Å². The predicted molar refractivity (Wildman–Crippen MR) is 62.2 cm³/mol. The summed E-state index contributed by atoms with van der Waals surface area (Å²) in [6.07, 6.45) is -0.393. The summed E-state index contributed by atoms with van der Waals surface area (Å²) in [6, 6.07) is 1.57. The molecular formula is C11H11FN2O5. The maximum absolute atomic E-state index is 13.1. The summed E-state index contributed by atoms with van der Waals surface area (Å²) in [7, 11) is 0. The van der Waals surface area contributed by atoms with E-state index < -0.39 is 34.2 Å². The van der Waals surface area contributed by atoms with Crippen LogP contribution in [-0.4, -0.2) is 27.8 Å². The SMILES string of the molecule is NC(CCC(=O)O)C(=O)c1ccc(F)c([N+](=O)[O-])c1. The number of nitrogens with zero attached hydrogens (tertiary/aromatic N) is 1. The number of benzene rings is 1. The molecule has 1 aromatic carbocycles. The molecule has 0 saturated carbocycles. The van der Waals surface area contributed by atoms with Gasteiger partial charge >= 0.3 is 11.7 Å². The monoisotopic (exact) mass is 270 g/mol. The van der Waals surface area contributed by atoms with Crippen LogP contribution in [0.3, 0.4) is 0 Å². The van der Waals surface area contributed by atoms with E-state index in [1.165, 1.54) is 0 Å². The highest BCUT2D eigenvalue weighted by atomic mass is 19.1. The van der Waals surface area contributed by atoms with Crippen LogP contribution in [0, 0.1) is 15.9 Å². The van der Waals surface area contributed by atoms with Crippen molar-refractivity contribution in [2.24, 2.45) is 5.73 Å². The van der Waals surface area contributed by atoms with E-state index in [-0.39, 0.29) is 18.4 Å².